The second-order valence-electron chi connectivity index (χ2n) is 5.49. The van der Waals surface area contributed by atoms with Crippen LogP contribution in [0.4, 0.5) is 0 Å². The highest BCUT2D eigenvalue weighted by atomic mass is 35.5. The van der Waals surface area contributed by atoms with Crippen LogP contribution in [0, 0.1) is 0 Å². The topological polar surface area (TPSA) is 23.0 Å². The van der Waals surface area contributed by atoms with Crippen LogP contribution < -0.4 is 4.90 Å². The molecular formula is C15H18ClNO+. The van der Waals surface area contributed by atoms with Crippen LogP contribution in [0.1, 0.15) is 37.2 Å². The fourth-order valence-corrected chi connectivity index (χ4v) is 3.46. The number of benzene rings is 1. The molecule has 2 fully saturated rings. The molecule has 0 spiro atoms. The second kappa shape index (κ2) is 5.02. The van der Waals surface area contributed by atoms with Gasteiger partial charge in [0, 0.05) is 30.7 Å². The molecule has 0 aromatic heterocycles. The number of fused-ring (bicyclic) bond motifs is 1. The molecule has 1 aromatic rings. The zero-order chi connectivity index (χ0) is 12.5. The smallest absolute Gasteiger partial charge is 0.192 e. The normalized spacial score (nSPS) is 29.1. The van der Waals surface area contributed by atoms with Crippen LogP contribution in [0.15, 0.2) is 24.3 Å². The van der Waals surface area contributed by atoms with E-state index in [1.165, 1.54) is 18.4 Å². The highest BCUT2D eigenvalue weighted by molar-refractivity contribution is 6.30. The van der Waals surface area contributed by atoms with Crippen molar-refractivity contribution in [1.82, 2.24) is 4.90 Å². The van der Waals surface area contributed by atoms with Crippen molar-refractivity contribution in [3.05, 3.63) is 34.9 Å². The number of hydrogen-bond acceptors (Lipinski definition) is 2. The standard InChI is InChI=1S/C15H18ClNO/c16-13-5-3-11(4-6-13)12-8-14-2-1-7-17(14)10-15(18)9-12/h3-6,12,14H,1-2,7-10H2/q+1/t12-,14?/m0/s1. The first-order chi connectivity index (χ1) is 8.72. The minimum absolute atomic E-state index is 0.378. The maximum atomic E-state index is 12.0. The molecule has 0 N–H and O–H groups in total. The van der Waals surface area contributed by atoms with Crippen molar-refractivity contribution in [3.8, 4) is 0 Å². The Hall–Kier alpha value is -0.860. The molecule has 2 saturated heterocycles. The van der Waals surface area contributed by atoms with Crippen molar-refractivity contribution in [2.45, 2.75) is 37.6 Å². The summed E-state index contributed by atoms with van der Waals surface area (Å²) < 4.78 is 0. The Bertz CT molecular complexity index is 442. The van der Waals surface area contributed by atoms with Crippen molar-refractivity contribution in [2.24, 2.45) is 0 Å². The molecule has 1 unspecified atom stereocenters. The average molecular weight is 264 g/mol. The van der Waals surface area contributed by atoms with Crippen LogP contribution in [0.5, 0.6) is 0 Å². The molecule has 0 bridgehead atoms. The Morgan fingerprint density at radius 3 is 2.78 bits per heavy atom. The molecule has 95 valence electrons. The summed E-state index contributed by atoms with van der Waals surface area (Å²) in [7, 11) is 0. The predicted octanol–water partition coefficient (Wildman–Crippen LogP) is 3.09. The molecule has 3 rings (SSSR count). The summed E-state index contributed by atoms with van der Waals surface area (Å²) >= 11 is 5.93. The maximum absolute atomic E-state index is 12.0. The summed E-state index contributed by atoms with van der Waals surface area (Å²) in [6.45, 7) is 1.76. The quantitative estimate of drug-likeness (QED) is 0.714. The Labute approximate surface area is 113 Å². The molecule has 2 aliphatic rings. The zero-order valence-corrected chi connectivity index (χ0v) is 11.2. The van der Waals surface area contributed by atoms with E-state index in [1.807, 2.05) is 12.1 Å². The number of rotatable bonds is 1. The van der Waals surface area contributed by atoms with E-state index in [9.17, 15) is 4.79 Å². The van der Waals surface area contributed by atoms with Crippen LogP contribution in [-0.4, -0.2) is 24.9 Å². The van der Waals surface area contributed by atoms with Gasteiger partial charge in [0.05, 0.1) is 0 Å². The van der Waals surface area contributed by atoms with Crippen molar-refractivity contribution in [3.63, 3.8) is 0 Å². The van der Waals surface area contributed by atoms with E-state index < -0.39 is 0 Å². The van der Waals surface area contributed by atoms with Gasteiger partial charge in [-0.05, 0) is 23.6 Å². The van der Waals surface area contributed by atoms with Gasteiger partial charge in [0.1, 0.15) is 12.6 Å². The number of hydrogen-bond donors (Lipinski definition) is 0. The molecule has 3 heteroatoms. The minimum atomic E-state index is 0.378. The lowest BCUT2D eigenvalue weighted by Gasteiger charge is -2.16. The van der Waals surface area contributed by atoms with E-state index in [1.54, 1.807) is 0 Å². The number of carbonyl (C=O) groups excluding carboxylic acids is 1. The zero-order valence-electron chi connectivity index (χ0n) is 10.4. The molecule has 0 aliphatic carbocycles. The van der Waals surface area contributed by atoms with Crippen molar-refractivity contribution in [1.29, 1.82) is 0 Å². The van der Waals surface area contributed by atoms with Crippen LogP contribution in [-0.2, 0) is 4.79 Å². The number of nitrogens with zero attached hydrogens (tertiary/aromatic N) is 1. The maximum Gasteiger partial charge on any atom is 0.192 e. The third-order valence-electron chi connectivity index (χ3n) is 4.25. The number of Topliss-reactive ketones (excluding diaryl/α,β-unsaturated/α-hetero) is 1. The first-order valence-electron chi connectivity index (χ1n) is 6.73. The van der Waals surface area contributed by atoms with Crippen molar-refractivity contribution < 1.29 is 4.79 Å². The Kier molecular flexibility index (Phi) is 3.40. The van der Waals surface area contributed by atoms with E-state index in [0.29, 0.717) is 30.7 Å². The van der Waals surface area contributed by atoms with Gasteiger partial charge >= 0.3 is 0 Å². The largest absolute Gasteiger partial charge is 0.293 e. The number of carbonyl (C=O) groups is 1. The summed E-state index contributed by atoms with van der Waals surface area (Å²) in [6, 6.07) is 8.62. The molecular weight excluding hydrogens is 246 g/mol. The molecule has 0 amide bonds. The van der Waals surface area contributed by atoms with Gasteiger partial charge in [-0.3, -0.25) is 4.79 Å². The van der Waals surface area contributed by atoms with Gasteiger partial charge in [0.25, 0.3) is 0 Å². The highest BCUT2D eigenvalue weighted by Gasteiger charge is 2.40. The molecule has 0 saturated carbocycles. The molecule has 2 nitrogen and oxygen atoms in total. The summed E-state index contributed by atoms with van der Waals surface area (Å²) in [5.74, 6) is 0.766. The SMILES string of the molecule is O=C1C[C@@H](c2ccc(Cl)cc2)CC2CCC[N+]2C1. The van der Waals surface area contributed by atoms with Gasteiger partial charge in [0.15, 0.2) is 12.3 Å². The minimum Gasteiger partial charge on any atom is -0.293 e. The first-order valence-corrected chi connectivity index (χ1v) is 7.11. The average Bonchev–Trinajstić information content (AvgIpc) is 2.70. The van der Waals surface area contributed by atoms with Gasteiger partial charge in [-0.25, -0.2) is 0 Å². The second-order valence-corrected chi connectivity index (χ2v) is 5.93. The fraction of sp³-hybridized carbons (Fsp3) is 0.533. The molecule has 2 aliphatic heterocycles. The van der Waals surface area contributed by atoms with E-state index in [-0.39, 0.29) is 0 Å². The highest BCUT2D eigenvalue weighted by Crippen LogP contribution is 2.33. The third-order valence-corrected chi connectivity index (χ3v) is 4.50. The lowest BCUT2D eigenvalue weighted by molar-refractivity contribution is -0.118. The van der Waals surface area contributed by atoms with Gasteiger partial charge in [0.2, 0.25) is 0 Å². The van der Waals surface area contributed by atoms with Crippen LogP contribution in [0.2, 0.25) is 5.02 Å². The van der Waals surface area contributed by atoms with Gasteiger partial charge in [-0.1, -0.05) is 23.7 Å². The molecule has 2 atom stereocenters. The summed E-state index contributed by atoms with van der Waals surface area (Å²) in [5.41, 5.74) is 1.27. The van der Waals surface area contributed by atoms with E-state index in [2.05, 4.69) is 17.0 Å². The summed E-state index contributed by atoms with van der Waals surface area (Å²) in [5, 5.41) is 0.765. The Morgan fingerprint density at radius 1 is 1.22 bits per heavy atom. The predicted molar refractivity (Wildman–Crippen MR) is 73.3 cm³/mol. The fourth-order valence-electron chi connectivity index (χ4n) is 3.34. The summed E-state index contributed by atoms with van der Waals surface area (Å²) in [4.78, 5) is 14.4. The van der Waals surface area contributed by atoms with Gasteiger partial charge in [-0.15, -0.1) is 0 Å². The summed E-state index contributed by atoms with van der Waals surface area (Å²) in [6.07, 6.45) is 4.30. The molecule has 2 heterocycles. The van der Waals surface area contributed by atoms with Gasteiger partial charge < -0.3 is 0 Å². The molecule has 1 aromatic carbocycles. The van der Waals surface area contributed by atoms with Gasteiger partial charge in [-0.2, -0.15) is 4.90 Å². The monoisotopic (exact) mass is 263 g/mol. The van der Waals surface area contributed by atoms with Crippen molar-refractivity contribution >= 4 is 17.4 Å². The lowest BCUT2D eigenvalue weighted by Crippen LogP contribution is -2.37. The number of halogens is 1. The van der Waals surface area contributed by atoms with E-state index >= 15 is 0 Å². The molecule has 1 radical (unpaired) electrons. The van der Waals surface area contributed by atoms with Crippen LogP contribution in [0.3, 0.4) is 0 Å². The van der Waals surface area contributed by atoms with E-state index in [0.717, 1.165) is 18.0 Å². The number of ketones is 1. The van der Waals surface area contributed by atoms with Crippen LogP contribution in [0.25, 0.3) is 0 Å². The molecule has 18 heavy (non-hydrogen) atoms. The Morgan fingerprint density at radius 2 is 2.00 bits per heavy atom. The van der Waals surface area contributed by atoms with E-state index in [4.69, 9.17) is 11.6 Å². The Balaban J connectivity index is 1.82. The lowest BCUT2D eigenvalue weighted by atomic mass is 9.89. The third kappa shape index (κ3) is 2.45. The van der Waals surface area contributed by atoms with Crippen LogP contribution >= 0.6 is 11.6 Å². The van der Waals surface area contributed by atoms with Crippen molar-refractivity contribution in [2.75, 3.05) is 13.1 Å². The first kappa shape index (κ1) is 12.2.